The molecule has 2 amide bonds. The van der Waals surface area contributed by atoms with Gasteiger partial charge in [-0.25, -0.2) is 11.7 Å². The van der Waals surface area contributed by atoms with E-state index in [1.165, 1.54) is 0 Å². The van der Waals surface area contributed by atoms with Crippen molar-refractivity contribution in [2.45, 2.75) is 20.3 Å². The fraction of sp³-hybridized carbons (Fsp3) is 0.714. The number of nitrogens with one attached hydrogen (secondary N) is 2. The lowest BCUT2D eigenvalue weighted by atomic mass is 9.90. The lowest BCUT2D eigenvalue weighted by molar-refractivity contribution is -0.137. The van der Waals surface area contributed by atoms with Crippen molar-refractivity contribution in [2.75, 3.05) is 0 Å². The largest absolute Gasteiger partial charge is 0.294 e. The van der Waals surface area contributed by atoms with Crippen LogP contribution >= 0.6 is 0 Å². The molecule has 13 heavy (non-hydrogen) atoms. The highest BCUT2D eigenvalue weighted by molar-refractivity contribution is 6.00. The van der Waals surface area contributed by atoms with Crippen molar-refractivity contribution in [2.24, 2.45) is 23.5 Å². The molecule has 0 rings (SSSR count). The summed E-state index contributed by atoms with van der Waals surface area (Å²) in [6, 6.07) is 0. The van der Waals surface area contributed by atoms with E-state index >= 15 is 0 Å². The standard InChI is InChI=1S/C7H16N4O2/c1-3-4(2)5(6(12)10-8)7(13)11-9/h4-5H,3,8-9H2,1-2H3,(H,10,12)(H,11,13). The summed E-state index contributed by atoms with van der Waals surface area (Å²) in [7, 11) is 0. The smallest absolute Gasteiger partial charge is 0.246 e. The quantitative estimate of drug-likeness (QED) is 0.189. The number of nitrogens with two attached hydrogens (primary N) is 2. The van der Waals surface area contributed by atoms with Crippen LogP contribution in [0.25, 0.3) is 0 Å². The van der Waals surface area contributed by atoms with Crippen LogP contribution in [0.1, 0.15) is 20.3 Å². The number of hydrazine groups is 2. The first-order valence-electron chi connectivity index (χ1n) is 4.09. The van der Waals surface area contributed by atoms with Gasteiger partial charge in [0.05, 0.1) is 0 Å². The summed E-state index contributed by atoms with van der Waals surface area (Å²) < 4.78 is 0. The minimum Gasteiger partial charge on any atom is -0.294 e. The van der Waals surface area contributed by atoms with Gasteiger partial charge in [0.1, 0.15) is 5.92 Å². The van der Waals surface area contributed by atoms with E-state index < -0.39 is 17.7 Å². The van der Waals surface area contributed by atoms with Gasteiger partial charge in [0.2, 0.25) is 11.8 Å². The Morgan fingerprint density at radius 2 is 1.62 bits per heavy atom. The van der Waals surface area contributed by atoms with Crippen LogP contribution in [0.5, 0.6) is 0 Å². The number of carbonyl (C=O) groups excluding carboxylic acids is 2. The molecular formula is C7H16N4O2. The minimum atomic E-state index is -0.819. The molecular weight excluding hydrogens is 172 g/mol. The van der Waals surface area contributed by atoms with Crippen molar-refractivity contribution in [3.8, 4) is 0 Å². The molecule has 0 radical (unpaired) electrons. The molecule has 0 aliphatic carbocycles. The molecule has 0 spiro atoms. The molecule has 0 aromatic carbocycles. The Morgan fingerprint density at radius 3 is 1.85 bits per heavy atom. The third kappa shape index (κ3) is 3.00. The van der Waals surface area contributed by atoms with Crippen LogP contribution < -0.4 is 22.5 Å². The van der Waals surface area contributed by atoms with Gasteiger partial charge in [0.25, 0.3) is 0 Å². The normalized spacial score (nSPS) is 12.4. The molecule has 0 fully saturated rings. The summed E-state index contributed by atoms with van der Waals surface area (Å²) in [6.45, 7) is 3.67. The van der Waals surface area contributed by atoms with E-state index in [0.717, 1.165) is 0 Å². The number of amides is 2. The van der Waals surface area contributed by atoms with Gasteiger partial charge in [0.15, 0.2) is 0 Å². The Balaban J connectivity index is 4.54. The van der Waals surface area contributed by atoms with Crippen LogP contribution in [0.4, 0.5) is 0 Å². The predicted molar refractivity (Wildman–Crippen MR) is 47.6 cm³/mol. The summed E-state index contributed by atoms with van der Waals surface area (Å²) >= 11 is 0. The second-order valence-electron chi connectivity index (χ2n) is 2.88. The van der Waals surface area contributed by atoms with Gasteiger partial charge in [-0.2, -0.15) is 0 Å². The van der Waals surface area contributed by atoms with Crippen molar-refractivity contribution in [1.29, 1.82) is 0 Å². The Kier molecular flexibility index (Phi) is 5.01. The zero-order chi connectivity index (χ0) is 10.4. The molecule has 76 valence electrons. The molecule has 0 aromatic heterocycles. The van der Waals surface area contributed by atoms with Crippen molar-refractivity contribution in [3.05, 3.63) is 0 Å². The van der Waals surface area contributed by atoms with Crippen LogP contribution in [-0.2, 0) is 9.59 Å². The predicted octanol–water partition coefficient (Wildman–Crippen LogP) is -1.37. The van der Waals surface area contributed by atoms with E-state index in [2.05, 4.69) is 0 Å². The monoisotopic (exact) mass is 188 g/mol. The maximum Gasteiger partial charge on any atom is 0.246 e. The zero-order valence-electron chi connectivity index (χ0n) is 7.83. The molecule has 0 aromatic rings. The van der Waals surface area contributed by atoms with Gasteiger partial charge < -0.3 is 0 Å². The third-order valence-electron chi connectivity index (χ3n) is 2.06. The molecule has 6 N–H and O–H groups in total. The van der Waals surface area contributed by atoms with Crippen LogP contribution in [0.3, 0.4) is 0 Å². The molecule has 0 aliphatic rings. The van der Waals surface area contributed by atoms with Gasteiger partial charge in [-0.15, -0.1) is 0 Å². The summed E-state index contributed by atoms with van der Waals surface area (Å²) in [6.07, 6.45) is 0.700. The number of hydrogen-bond donors (Lipinski definition) is 4. The lowest BCUT2D eigenvalue weighted by Crippen LogP contribution is -2.48. The van der Waals surface area contributed by atoms with Crippen LogP contribution in [0.2, 0.25) is 0 Å². The number of hydrogen-bond acceptors (Lipinski definition) is 4. The molecule has 1 atom stereocenters. The summed E-state index contributed by atoms with van der Waals surface area (Å²) in [4.78, 5) is 22.3. The first kappa shape index (κ1) is 11.9. The molecule has 0 saturated heterocycles. The van der Waals surface area contributed by atoms with Crippen molar-refractivity contribution < 1.29 is 9.59 Å². The molecule has 0 saturated carbocycles. The third-order valence-corrected chi connectivity index (χ3v) is 2.06. The first-order valence-corrected chi connectivity index (χ1v) is 4.09. The molecule has 1 unspecified atom stereocenters. The summed E-state index contributed by atoms with van der Waals surface area (Å²) in [5.74, 6) is 7.93. The van der Waals surface area contributed by atoms with E-state index in [4.69, 9.17) is 11.7 Å². The highest BCUT2D eigenvalue weighted by Gasteiger charge is 2.30. The Hall–Kier alpha value is -1.14. The maximum absolute atomic E-state index is 11.2. The average Bonchev–Trinajstić information content (AvgIpc) is 2.16. The Morgan fingerprint density at radius 1 is 1.23 bits per heavy atom. The van der Waals surface area contributed by atoms with Crippen molar-refractivity contribution in [1.82, 2.24) is 10.9 Å². The molecule has 0 bridgehead atoms. The van der Waals surface area contributed by atoms with Gasteiger partial charge in [0, 0.05) is 0 Å². The Bertz CT molecular complexity index is 179. The van der Waals surface area contributed by atoms with E-state index in [-0.39, 0.29) is 5.92 Å². The minimum absolute atomic E-state index is 0.0906. The Labute approximate surface area is 77.0 Å². The van der Waals surface area contributed by atoms with Gasteiger partial charge >= 0.3 is 0 Å². The van der Waals surface area contributed by atoms with Gasteiger partial charge in [-0.1, -0.05) is 20.3 Å². The van der Waals surface area contributed by atoms with Crippen LogP contribution in [0, 0.1) is 11.8 Å². The van der Waals surface area contributed by atoms with E-state index in [0.29, 0.717) is 6.42 Å². The summed E-state index contributed by atoms with van der Waals surface area (Å²) in [5, 5.41) is 0. The molecule has 0 aliphatic heterocycles. The fourth-order valence-electron chi connectivity index (χ4n) is 1.05. The van der Waals surface area contributed by atoms with E-state index in [1.54, 1.807) is 6.92 Å². The SMILES string of the molecule is CCC(C)C(C(=O)NN)C(=O)NN. The van der Waals surface area contributed by atoms with E-state index in [1.807, 2.05) is 17.8 Å². The van der Waals surface area contributed by atoms with Crippen molar-refractivity contribution >= 4 is 11.8 Å². The molecule has 0 heterocycles. The summed E-state index contributed by atoms with van der Waals surface area (Å²) in [5.41, 5.74) is 3.88. The highest BCUT2D eigenvalue weighted by Crippen LogP contribution is 2.14. The first-order chi connectivity index (χ1) is 6.08. The second-order valence-corrected chi connectivity index (χ2v) is 2.88. The van der Waals surface area contributed by atoms with Gasteiger partial charge in [-0.3, -0.25) is 20.4 Å². The number of rotatable bonds is 4. The fourth-order valence-corrected chi connectivity index (χ4v) is 1.05. The lowest BCUT2D eigenvalue weighted by Gasteiger charge is -2.18. The van der Waals surface area contributed by atoms with Gasteiger partial charge in [-0.05, 0) is 5.92 Å². The van der Waals surface area contributed by atoms with Crippen LogP contribution in [-0.4, -0.2) is 11.8 Å². The topological polar surface area (TPSA) is 110 Å². The molecule has 6 nitrogen and oxygen atoms in total. The second kappa shape index (κ2) is 5.50. The highest BCUT2D eigenvalue weighted by atomic mass is 16.2. The average molecular weight is 188 g/mol. The number of carbonyl (C=O) groups is 2. The molecule has 6 heteroatoms. The van der Waals surface area contributed by atoms with E-state index in [9.17, 15) is 9.59 Å². The zero-order valence-corrected chi connectivity index (χ0v) is 7.83. The van der Waals surface area contributed by atoms with Crippen LogP contribution in [0.15, 0.2) is 0 Å². The van der Waals surface area contributed by atoms with Crippen molar-refractivity contribution in [3.63, 3.8) is 0 Å². The maximum atomic E-state index is 11.2.